The molecule has 3 aromatic rings. The number of rotatable bonds is 4. The second-order valence-electron chi connectivity index (χ2n) is 9.38. The van der Waals surface area contributed by atoms with E-state index in [1.165, 1.54) is 17.4 Å². The molecule has 2 aromatic carbocycles. The zero-order valence-corrected chi connectivity index (χ0v) is 21.8. The number of thioether (sulfide) groups is 1. The van der Waals surface area contributed by atoms with Crippen LogP contribution < -0.4 is 4.90 Å². The number of nitrogens with zero attached hydrogens (tertiary/aromatic N) is 6. The first-order chi connectivity index (χ1) is 18.2. The zero-order valence-electron chi connectivity index (χ0n) is 21.0. The average molecular weight is 515 g/mol. The van der Waals surface area contributed by atoms with Crippen LogP contribution in [-0.2, 0) is 9.53 Å². The summed E-state index contributed by atoms with van der Waals surface area (Å²) in [4.78, 5) is 33.7. The monoisotopic (exact) mass is 514 g/mol. The minimum atomic E-state index is -0.188. The van der Waals surface area contributed by atoms with Gasteiger partial charge in [0.05, 0.1) is 29.3 Å². The van der Waals surface area contributed by atoms with Crippen LogP contribution in [0.1, 0.15) is 12.5 Å². The van der Waals surface area contributed by atoms with E-state index in [0.29, 0.717) is 18.1 Å². The fourth-order valence-corrected chi connectivity index (χ4v) is 5.95. The Kier molecular flexibility index (Phi) is 6.91. The number of piperazine rings is 1. The van der Waals surface area contributed by atoms with Crippen molar-refractivity contribution in [3.05, 3.63) is 59.3 Å². The Bertz CT molecular complexity index is 1360. The van der Waals surface area contributed by atoms with E-state index >= 15 is 0 Å². The van der Waals surface area contributed by atoms with Crippen LogP contribution in [0.15, 0.2) is 58.7 Å². The molecule has 0 saturated carbocycles. The highest BCUT2D eigenvalue weighted by atomic mass is 32.2. The van der Waals surface area contributed by atoms with Crippen molar-refractivity contribution in [3.8, 4) is 11.3 Å². The smallest absolute Gasteiger partial charge is 0.286 e. The topological polar surface area (TPSA) is 74.2 Å². The molecule has 9 heteroatoms. The molecule has 2 fully saturated rings. The van der Waals surface area contributed by atoms with Gasteiger partial charge in [-0.3, -0.25) is 4.79 Å². The Morgan fingerprint density at radius 1 is 0.946 bits per heavy atom. The number of carbonyl (C=O) groups excluding carboxylic acids is 1. The summed E-state index contributed by atoms with van der Waals surface area (Å²) in [5, 5.41) is 1.73. The van der Waals surface area contributed by atoms with Gasteiger partial charge in [-0.25, -0.2) is 9.97 Å². The largest absolute Gasteiger partial charge is 0.378 e. The van der Waals surface area contributed by atoms with E-state index in [0.717, 1.165) is 78.7 Å². The van der Waals surface area contributed by atoms with Crippen molar-refractivity contribution in [3.63, 3.8) is 0 Å². The van der Waals surface area contributed by atoms with Gasteiger partial charge in [0.2, 0.25) is 0 Å². The number of amidine groups is 1. The molecule has 4 heterocycles. The maximum atomic E-state index is 12.6. The van der Waals surface area contributed by atoms with Gasteiger partial charge >= 0.3 is 0 Å². The molecule has 2 saturated heterocycles. The summed E-state index contributed by atoms with van der Waals surface area (Å²) in [6.07, 6.45) is 3.53. The lowest BCUT2D eigenvalue weighted by Crippen LogP contribution is -2.46. The molecule has 37 heavy (non-hydrogen) atoms. The maximum absolute atomic E-state index is 12.6. The Morgan fingerprint density at radius 3 is 2.49 bits per heavy atom. The Labute approximate surface area is 221 Å². The molecule has 0 unspecified atom stereocenters. The summed E-state index contributed by atoms with van der Waals surface area (Å²) in [5.41, 5.74) is 5.00. The highest BCUT2D eigenvalue weighted by molar-refractivity contribution is 8.18. The number of ether oxygens (including phenoxy) is 1. The van der Waals surface area contributed by atoms with Gasteiger partial charge in [0.15, 0.2) is 5.17 Å². The molecule has 3 aliphatic rings. The minimum absolute atomic E-state index is 0.188. The Balaban J connectivity index is 1.24. The van der Waals surface area contributed by atoms with Gasteiger partial charge < -0.3 is 19.4 Å². The van der Waals surface area contributed by atoms with Crippen LogP contribution in [0.3, 0.4) is 0 Å². The van der Waals surface area contributed by atoms with E-state index in [1.54, 1.807) is 6.33 Å². The summed E-state index contributed by atoms with van der Waals surface area (Å²) in [7, 11) is 0. The predicted molar refractivity (Wildman–Crippen MR) is 150 cm³/mol. The molecule has 6 rings (SSSR count). The van der Waals surface area contributed by atoms with Crippen LogP contribution in [-0.4, -0.2) is 89.9 Å². The number of hydrogen-bond donors (Lipinski definition) is 0. The van der Waals surface area contributed by atoms with Gasteiger partial charge in [-0.2, -0.15) is 4.99 Å². The van der Waals surface area contributed by atoms with Crippen LogP contribution in [0.5, 0.6) is 0 Å². The van der Waals surface area contributed by atoms with Gasteiger partial charge in [0, 0.05) is 55.9 Å². The number of amides is 1. The van der Waals surface area contributed by atoms with Crippen molar-refractivity contribution < 1.29 is 9.53 Å². The van der Waals surface area contributed by atoms with Crippen LogP contribution in [0, 0.1) is 0 Å². The zero-order chi connectivity index (χ0) is 25.2. The van der Waals surface area contributed by atoms with E-state index in [1.807, 2.05) is 18.2 Å². The highest BCUT2D eigenvalue weighted by Gasteiger charge is 2.27. The number of fused-ring (bicyclic) bond motifs is 1. The van der Waals surface area contributed by atoms with Gasteiger partial charge in [-0.15, -0.1) is 0 Å². The molecule has 3 aliphatic heterocycles. The van der Waals surface area contributed by atoms with Crippen molar-refractivity contribution in [1.82, 2.24) is 19.8 Å². The summed E-state index contributed by atoms with van der Waals surface area (Å²) in [6.45, 7) is 10.5. The molecule has 0 atom stereocenters. The van der Waals surface area contributed by atoms with E-state index in [4.69, 9.17) is 4.74 Å². The number of benzene rings is 2. The first-order valence-electron chi connectivity index (χ1n) is 12.9. The number of anilines is 1. The molecular weight excluding hydrogens is 484 g/mol. The van der Waals surface area contributed by atoms with Crippen molar-refractivity contribution in [2.75, 3.05) is 63.9 Å². The van der Waals surface area contributed by atoms with Crippen LogP contribution >= 0.6 is 11.8 Å². The lowest BCUT2D eigenvalue weighted by molar-refractivity contribution is -0.113. The molecule has 0 radical (unpaired) electrons. The molecule has 0 bridgehead atoms. The number of likely N-dealkylation sites (N-methyl/N-ethyl adjacent to an activating group) is 1. The molecule has 0 aliphatic carbocycles. The van der Waals surface area contributed by atoms with Gasteiger partial charge in [-0.05, 0) is 54.2 Å². The molecule has 1 amide bonds. The number of aromatic nitrogens is 2. The summed E-state index contributed by atoms with van der Waals surface area (Å²) >= 11 is 1.44. The summed E-state index contributed by atoms with van der Waals surface area (Å²) < 4.78 is 5.42. The van der Waals surface area contributed by atoms with Crippen molar-refractivity contribution >= 4 is 45.5 Å². The van der Waals surface area contributed by atoms with Gasteiger partial charge in [0.25, 0.3) is 5.91 Å². The third kappa shape index (κ3) is 5.12. The third-order valence-electron chi connectivity index (χ3n) is 7.17. The number of carbonyl (C=O) groups is 1. The SMILES string of the molecule is CCN1CCN(c2ccc(-c3ncnc4ccc(/C=C5\SC(N6CCOCC6)=NC5=O)cc34)cc2)CC1. The quantitative estimate of drug-likeness (QED) is 0.488. The summed E-state index contributed by atoms with van der Waals surface area (Å²) in [5.74, 6) is -0.188. The highest BCUT2D eigenvalue weighted by Crippen LogP contribution is 2.33. The Hall–Kier alpha value is -3.27. The van der Waals surface area contributed by atoms with E-state index < -0.39 is 0 Å². The van der Waals surface area contributed by atoms with Crippen molar-refractivity contribution in [1.29, 1.82) is 0 Å². The average Bonchev–Trinajstić information content (AvgIpc) is 3.33. The number of hydrogen-bond acceptors (Lipinski definition) is 8. The normalized spacial score (nSPS) is 20.2. The Morgan fingerprint density at radius 2 is 1.73 bits per heavy atom. The second-order valence-corrected chi connectivity index (χ2v) is 10.4. The molecule has 0 spiro atoms. The molecule has 1 aromatic heterocycles. The predicted octanol–water partition coefficient (Wildman–Crippen LogP) is 3.74. The fourth-order valence-electron chi connectivity index (χ4n) is 4.99. The van der Waals surface area contributed by atoms with Crippen LogP contribution in [0.25, 0.3) is 28.2 Å². The number of aliphatic imine (C=N–C) groups is 1. The molecular formula is C28H30N6O2S. The molecule has 190 valence electrons. The second kappa shape index (κ2) is 10.6. The van der Waals surface area contributed by atoms with E-state index in [-0.39, 0.29) is 5.91 Å². The number of morpholine rings is 1. The van der Waals surface area contributed by atoms with Crippen LogP contribution in [0.2, 0.25) is 0 Å². The molecule has 8 nitrogen and oxygen atoms in total. The van der Waals surface area contributed by atoms with E-state index in [2.05, 4.69) is 66.9 Å². The first-order valence-corrected chi connectivity index (χ1v) is 13.7. The van der Waals surface area contributed by atoms with Gasteiger partial charge in [0.1, 0.15) is 6.33 Å². The maximum Gasteiger partial charge on any atom is 0.286 e. The lowest BCUT2D eigenvalue weighted by Gasteiger charge is -2.35. The van der Waals surface area contributed by atoms with Crippen LogP contribution in [0.4, 0.5) is 5.69 Å². The third-order valence-corrected chi connectivity index (χ3v) is 8.22. The van der Waals surface area contributed by atoms with E-state index in [9.17, 15) is 4.79 Å². The summed E-state index contributed by atoms with van der Waals surface area (Å²) in [6, 6.07) is 14.7. The van der Waals surface area contributed by atoms with Gasteiger partial charge in [-0.1, -0.05) is 25.1 Å². The lowest BCUT2D eigenvalue weighted by atomic mass is 10.0. The minimum Gasteiger partial charge on any atom is -0.378 e. The van der Waals surface area contributed by atoms with Crippen molar-refractivity contribution in [2.24, 2.45) is 4.99 Å². The first kappa shape index (κ1) is 24.1. The van der Waals surface area contributed by atoms with Crippen molar-refractivity contribution in [2.45, 2.75) is 6.92 Å². The standard InChI is InChI=1S/C28H30N6O2S/c1-2-32-9-11-33(12-10-32)22-6-4-21(5-7-22)26-23-17-20(3-8-24(23)29-19-30-26)18-25-27(35)31-28(37-25)34-13-15-36-16-14-34/h3-8,17-19H,2,9-16H2,1H3/b25-18-. The fraction of sp³-hybridized carbons (Fsp3) is 0.357. The molecule has 0 N–H and O–H groups in total.